The quantitative estimate of drug-likeness (QED) is 0.204. The van der Waals surface area contributed by atoms with Crippen LogP contribution in [0.2, 0.25) is 0 Å². The van der Waals surface area contributed by atoms with E-state index in [4.69, 9.17) is 0 Å². The first kappa shape index (κ1) is 20.8. The van der Waals surface area contributed by atoms with Gasteiger partial charge in [-0.15, -0.1) is 20.7 Å². The van der Waals surface area contributed by atoms with Crippen molar-refractivity contribution in [2.24, 2.45) is 11.3 Å². The van der Waals surface area contributed by atoms with Crippen LogP contribution >= 0.6 is 20.7 Å². The zero-order valence-corrected chi connectivity index (χ0v) is 19.3. The van der Waals surface area contributed by atoms with Crippen molar-refractivity contribution in [3.05, 3.63) is 68.8 Å². The van der Waals surface area contributed by atoms with Crippen LogP contribution in [0.3, 0.4) is 0 Å². The van der Waals surface area contributed by atoms with Crippen LogP contribution in [0.5, 0.6) is 0 Å². The van der Waals surface area contributed by atoms with Gasteiger partial charge >= 0.3 is 0 Å². The van der Waals surface area contributed by atoms with Gasteiger partial charge in [-0.25, -0.2) is 0 Å². The van der Waals surface area contributed by atoms with Crippen LogP contribution in [-0.4, -0.2) is 4.51 Å². The van der Waals surface area contributed by atoms with Crippen molar-refractivity contribution in [2.45, 2.75) is 71.6 Å². The molecule has 2 fully saturated rings. The third kappa shape index (κ3) is 6.01. The number of rotatable bonds is 8. The van der Waals surface area contributed by atoms with E-state index >= 15 is 0 Å². The third-order valence-corrected chi connectivity index (χ3v) is 7.38. The average Bonchev–Trinajstić information content (AvgIpc) is 3.47. The Bertz CT molecular complexity index is 713. The minimum Gasteiger partial charge on any atom is -0.102 e. The van der Waals surface area contributed by atoms with Crippen molar-refractivity contribution in [3.8, 4) is 0 Å². The lowest BCUT2D eigenvalue weighted by Gasteiger charge is -2.28. The molecular formula is C26H35I. The van der Waals surface area contributed by atoms with Crippen molar-refractivity contribution in [2.75, 3.05) is 0 Å². The lowest BCUT2D eigenvalue weighted by molar-refractivity contribution is 0.483. The van der Waals surface area contributed by atoms with E-state index in [1.165, 1.54) is 62.5 Å². The summed E-state index contributed by atoms with van der Waals surface area (Å²) in [5.41, 5.74) is 6.76. The van der Waals surface area contributed by atoms with E-state index in [-0.39, 0.29) is 20.7 Å². The molecule has 1 aromatic carbocycles. The number of allylic oxidation sites excluding steroid dienone is 5. The molecule has 1 atom stereocenters. The first-order valence-corrected chi connectivity index (χ1v) is 13.4. The topological polar surface area (TPSA) is 0 Å². The van der Waals surface area contributed by atoms with Gasteiger partial charge in [-0.1, -0.05) is 71.5 Å². The Balaban J connectivity index is 1.67. The van der Waals surface area contributed by atoms with Crippen molar-refractivity contribution in [1.82, 2.24) is 0 Å². The molecule has 2 saturated carbocycles. The summed E-state index contributed by atoms with van der Waals surface area (Å²) in [4.78, 5) is 0. The van der Waals surface area contributed by atoms with Crippen LogP contribution in [-0.2, 0) is 12.8 Å². The molecule has 0 spiro atoms. The lowest BCUT2D eigenvalue weighted by Crippen LogP contribution is -2.13. The summed E-state index contributed by atoms with van der Waals surface area (Å²) in [7, 11) is 0. The maximum absolute atomic E-state index is 4.00. The van der Waals surface area contributed by atoms with Crippen LogP contribution in [0.25, 0.3) is 0 Å². The molecule has 0 aromatic heterocycles. The van der Waals surface area contributed by atoms with E-state index in [9.17, 15) is 0 Å². The molecule has 0 unspecified atom stereocenters. The third-order valence-electron chi connectivity index (χ3n) is 6.45. The Morgan fingerprint density at radius 2 is 1.93 bits per heavy atom. The highest BCUT2D eigenvalue weighted by Gasteiger charge is 2.40. The van der Waals surface area contributed by atoms with E-state index in [0.717, 1.165) is 6.42 Å². The lowest BCUT2D eigenvalue weighted by atomic mass is 9.77. The first-order chi connectivity index (χ1) is 13.2. The summed E-state index contributed by atoms with van der Waals surface area (Å²) >= 11 is 0.0118. The highest BCUT2D eigenvalue weighted by atomic mass is 127. The average molecular weight is 474 g/mol. The van der Waals surface area contributed by atoms with Gasteiger partial charge < -0.3 is 0 Å². The van der Waals surface area contributed by atoms with Crippen LogP contribution in [0.15, 0.2) is 57.7 Å². The Kier molecular flexibility index (Phi) is 7.69. The van der Waals surface area contributed by atoms with Crippen molar-refractivity contribution >= 4 is 25.2 Å². The molecule has 0 saturated heterocycles. The van der Waals surface area contributed by atoms with Crippen LogP contribution in [0.4, 0.5) is 0 Å². The summed E-state index contributed by atoms with van der Waals surface area (Å²) in [6.07, 6.45) is 19.2. The largest absolute Gasteiger partial charge is 0.102 e. The maximum atomic E-state index is 4.00. The summed E-state index contributed by atoms with van der Waals surface area (Å²) in [6, 6.07) is 9.30. The van der Waals surface area contributed by atoms with Gasteiger partial charge in [0.2, 0.25) is 0 Å². The normalized spacial score (nSPS) is 23.9. The number of hydrogen-bond donors (Lipinski definition) is 0. The minimum atomic E-state index is 0.0118. The van der Waals surface area contributed by atoms with Crippen LogP contribution in [0.1, 0.15) is 69.9 Å². The zero-order chi connectivity index (χ0) is 19.1. The van der Waals surface area contributed by atoms with Gasteiger partial charge in [-0.2, -0.15) is 0 Å². The molecule has 3 rings (SSSR count). The van der Waals surface area contributed by atoms with Gasteiger partial charge in [-0.3, -0.25) is 0 Å². The van der Waals surface area contributed by atoms with Crippen LogP contribution in [0, 0.1) is 11.3 Å². The SMILES string of the molecule is C=I/C=C\C=C(/C)[C@@H]1CCCC/C1=C/C1(CCc2ccc(CC)cc2)CC1. The zero-order valence-electron chi connectivity index (χ0n) is 17.1. The minimum absolute atomic E-state index is 0.0118. The first-order valence-electron chi connectivity index (χ1n) is 10.7. The molecule has 146 valence electrons. The molecule has 2 aliphatic carbocycles. The standard InChI is InChI=1S/C26H35I/c1-4-22-11-13-23(14-12-22)15-16-26(17-18-26)20-24-9-5-6-10-25(24)21(2)8-7-19-27-3/h7-8,11-14,19-20,25H,3-6,9-10,15-18H2,1-2H3/b19-7-,21-8+,24-20-/t25-/m0/s1. The predicted octanol–water partition coefficient (Wildman–Crippen LogP) is 7.94. The molecule has 0 N–H and O–H groups in total. The van der Waals surface area contributed by atoms with E-state index in [1.807, 2.05) is 0 Å². The summed E-state index contributed by atoms with van der Waals surface area (Å²) in [6.45, 7) is 4.57. The van der Waals surface area contributed by atoms with Gasteiger partial charge in [0, 0.05) is 5.92 Å². The van der Waals surface area contributed by atoms with E-state index in [0.29, 0.717) is 11.3 Å². The fraction of sp³-hybridized carbons (Fsp3) is 0.500. The number of halogens is 1. The number of benzene rings is 1. The Hall–Kier alpha value is -0.960. The van der Waals surface area contributed by atoms with Crippen molar-refractivity contribution in [1.29, 1.82) is 0 Å². The maximum Gasteiger partial charge on any atom is 0.000748 e. The van der Waals surface area contributed by atoms with Gasteiger partial charge in [0.05, 0.1) is 0 Å². The molecule has 2 aliphatic rings. The molecule has 27 heavy (non-hydrogen) atoms. The Morgan fingerprint density at radius 3 is 2.59 bits per heavy atom. The molecule has 0 heterocycles. The number of aryl methyl sites for hydroxylation is 2. The molecule has 0 nitrogen and oxygen atoms in total. The highest BCUT2D eigenvalue weighted by molar-refractivity contribution is 14.2. The molecule has 0 bridgehead atoms. The smallest absolute Gasteiger partial charge is 0.000748 e. The highest BCUT2D eigenvalue weighted by Crippen LogP contribution is 2.53. The summed E-state index contributed by atoms with van der Waals surface area (Å²) in [5, 5.41) is 0. The second-order valence-corrected chi connectivity index (χ2v) is 10.0. The van der Waals surface area contributed by atoms with Gasteiger partial charge in [0.25, 0.3) is 0 Å². The summed E-state index contributed by atoms with van der Waals surface area (Å²) < 4.78 is 6.27. The summed E-state index contributed by atoms with van der Waals surface area (Å²) in [5.74, 6) is 0.688. The van der Waals surface area contributed by atoms with E-state index in [2.05, 4.69) is 64.9 Å². The fourth-order valence-electron chi connectivity index (χ4n) is 4.44. The second kappa shape index (κ2) is 10.0. The fourth-order valence-corrected chi connectivity index (χ4v) is 4.94. The van der Waals surface area contributed by atoms with Crippen molar-refractivity contribution < 1.29 is 0 Å². The molecule has 0 amide bonds. The van der Waals surface area contributed by atoms with Gasteiger partial charge in [0.15, 0.2) is 0 Å². The second-order valence-electron chi connectivity index (χ2n) is 8.43. The number of hydrogen-bond acceptors (Lipinski definition) is 0. The van der Waals surface area contributed by atoms with Crippen LogP contribution < -0.4 is 0 Å². The Labute approximate surface area is 176 Å². The van der Waals surface area contributed by atoms with E-state index < -0.39 is 0 Å². The van der Waals surface area contributed by atoms with Gasteiger partial charge in [0.1, 0.15) is 0 Å². The van der Waals surface area contributed by atoms with E-state index in [1.54, 1.807) is 11.1 Å². The van der Waals surface area contributed by atoms with Gasteiger partial charge in [-0.05, 0) is 78.9 Å². The Morgan fingerprint density at radius 1 is 1.19 bits per heavy atom. The molecule has 0 radical (unpaired) electrons. The molecule has 0 aliphatic heterocycles. The molecule has 1 heteroatoms. The molecular weight excluding hydrogens is 439 g/mol. The predicted molar refractivity (Wildman–Crippen MR) is 130 cm³/mol. The van der Waals surface area contributed by atoms with Crippen molar-refractivity contribution in [3.63, 3.8) is 0 Å². The molecule has 1 aromatic rings. The monoisotopic (exact) mass is 474 g/mol.